The summed E-state index contributed by atoms with van der Waals surface area (Å²) in [6, 6.07) is 3.90. The van der Waals surface area contributed by atoms with E-state index in [1.807, 2.05) is 0 Å². The second kappa shape index (κ2) is 4.96. The molecule has 1 atom stereocenters. The average molecular weight is 248 g/mol. The monoisotopic (exact) mass is 248 g/mol. The number of carboxylic acid groups (broad SMARTS) is 1. The number of rotatable bonds is 3. The lowest BCUT2D eigenvalue weighted by molar-refractivity contribution is 0.0691. The van der Waals surface area contributed by atoms with Crippen molar-refractivity contribution in [2.24, 2.45) is 5.41 Å². The van der Waals surface area contributed by atoms with E-state index in [1.54, 1.807) is 12.1 Å². The molecule has 0 spiro atoms. The first-order valence-corrected chi connectivity index (χ1v) is 6.43. The molecule has 2 N–H and O–H groups in total. The van der Waals surface area contributed by atoms with Crippen LogP contribution < -0.4 is 5.32 Å². The zero-order valence-corrected chi connectivity index (χ0v) is 10.9. The molecular weight excluding hydrogens is 228 g/mol. The molecule has 1 unspecified atom stereocenters. The second-order valence-corrected chi connectivity index (χ2v) is 5.81. The van der Waals surface area contributed by atoms with E-state index in [4.69, 9.17) is 5.11 Å². The lowest BCUT2D eigenvalue weighted by Crippen LogP contribution is -2.32. The lowest BCUT2D eigenvalue weighted by atomic mass is 9.75. The molecule has 1 fully saturated rings. The van der Waals surface area contributed by atoms with E-state index in [0.29, 0.717) is 17.1 Å². The van der Waals surface area contributed by atoms with Crippen LogP contribution >= 0.6 is 0 Å². The number of carboxylic acids is 1. The summed E-state index contributed by atoms with van der Waals surface area (Å²) in [5.74, 6) is -0.979. The largest absolute Gasteiger partial charge is 0.476 e. The van der Waals surface area contributed by atoms with E-state index >= 15 is 0 Å². The van der Waals surface area contributed by atoms with Crippen molar-refractivity contribution < 1.29 is 9.90 Å². The van der Waals surface area contributed by atoms with Crippen molar-refractivity contribution in [2.75, 3.05) is 5.32 Å². The van der Waals surface area contributed by atoms with Crippen molar-refractivity contribution in [2.45, 2.75) is 45.6 Å². The molecule has 0 saturated heterocycles. The van der Waals surface area contributed by atoms with Gasteiger partial charge in [-0.25, -0.2) is 9.78 Å². The predicted octanol–water partition coefficient (Wildman–Crippen LogP) is 3.16. The molecule has 0 aliphatic heterocycles. The van der Waals surface area contributed by atoms with Gasteiger partial charge in [-0.05, 0) is 36.8 Å². The van der Waals surface area contributed by atoms with Crippen molar-refractivity contribution in [3.63, 3.8) is 0 Å². The van der Waals surface area contributed by atoms with Crippen LogP contribution in [0.15, 0.2) is 18.3 Å². The van der Waals surface area contributed by atoms with E-state index in [9.17, 15) is 4.79 Å². The van der Waals surface area contributed by atoms with Crippen LogP contribution in [0.2, 0.25) is 0 Å². The van der Waals surface area contributed by atoms with Gasteiger partial charge in [0, 0.05) is 12.2 Å². The fraction of sp³-hybridized carbons (Fsp3) is 0.571. The third kappa shape index (κ3) is 3.00. The van der Waals surface area contributed by atoms with E-state index in [2.05, 4.69) is 24.1 Å². The van der Waals surface area contributed by atoms with Crippen molar-refractivity contribution in [1.82, 2.24) is 4.98 Å². The van der Waals surface area contributed by atoms with Crippen LogP contribution in [0.3, 0.4) is 0 Å². The van der Waals surface area contributed by atoms with Crippen LogP contribution in [-0.2, 0) is 0 Å². The second-order valence-electron chi connectivity index (χ2n) is 5.81. The Hall–Kier alpha value is -1.58. The zero-order valence-electron chi connectivity index (χ0n) is 10.9. The standard InChI is InChI=1S/C14H20N2O2/c1-14(2)7-3-5-10(9-14)16-11-6-4-8-15-12(11)13(17)18/h4,6,8,10,16H,3,5,7,9H2,1-2H3,(H,17,18). The van der Waals surface area contributed by atoms with E-state index in [-0.39, 0.29) is 5.69 Å². The Morgan fingerprint density at radius 1 is 1.56 bits per heavy atom. The van der Waals surface area contributed by atoms with Gasteiger partial charge in [0.2, 0.25) is 0 Å². The summed E-state index contributed by atoms with van der Waals surface area (Å²) in [6.45, 7) is 4.53. The summed E-state index contributed by atoms with van der Waals surface area (Å²) >= 11 is 0. The van der Waals surface area contributed by atoms with Gasteiger partial charge in [0.1, 0.15) is 0 Å². The number of hydrogen-bond donors (Lipinski definition) is 2. The molecule has 1 aromatic rings. The third-order valence-corrected chi connectivity index (χ3v) is 3.58. The number of pyridine rings is 1. The minimum absolute atomic E-state index is 0.112. The van der Waals surface area contributed by atoms with Crippen LogP contribution in [0.5, 0.6) is 0 Å². The van der Waals surface area contributed by atoms with Crippen LogP contribution in [0.4, 0.5) is 5.69 Å². The number of hydrogen-bond acceptors (Lipinski definition) is 3. The number of nitrogens with zero attached hydrogens (tertiary/aromatic N) is 1. The van der Waals surface area contributed by atoms with Gasteiger partial charge in [0.15, 0.2) is 5.69 Å². The Morgan fingerprint density at radius 2 is 2.33 bits per heavy atom. The highest BCUT2D eigenvalue weighted by Crippen LogP contribution is 2.36. The Morgan fingerprint density at radius 3 is 3.00 bits per heavy atom. The number of anilines is 1. The van der Waals surface area contributed by atoms with Gasteiger partial charge in [0.25, 0.3) is 0 Å². The molecule has 0 aromatic carbocycles. The molecule has 2 rings (SSSR count). The quantitative estimate of drug-likeness (QED) is 0.862. The topological polar surface area (TPSA) is 62.2 Å². The highest BCUT2D eigenvalue weighted by Gasteiger charge is 2.28. The van der Waals surface area contributed by atoms with Gasteiger partial charge in [0.05, 0.1) is 5.69 Å². The SMILES string of the molecule is CC1(C)CCCC(Nc2cccnc2C(=O)O)C1. The van der Waals surface area contributed by atoms with Gasteiger partial charge < -0.3 is 10.4 Å². The Bertz CT molecular complexity index is 443. The van der Waals surface area contributed by atoms with Crippen molar-refractivity contribution >= 4 is 11.7 Å². The molecule has 0 amide bonds. The third-order valence-electron chi connectivity index (χ3n) is 3.58. The fourth-order valence-electron chi connectivity index (χ4n) is 2.73. The van der Waals surface area contributed by atoms with Gasteiger partial charge in [-0.15, -0.1) is 0 Å². The Balaban J connectivity index is 2.12. The average Bonchev–Trinajstić information content (AvgIpc) is 2.28. The minimum Gasteiger partial charge on any atom is -0.476 e. The molecule has 4 heteroatoms. The van der Waals surface area contributed by atoms with Gasteiger partial charge >= 0.3 is 5.97 Å². The maximum absolute atomic E-state index is 11.1. The van der Waals surface area contributed by atoms with Gasteiger partial charge in [-0.3, -0.25) is 0 Å². The van der Waals surface area contributed by atoms with E-state index in [1.165, 1.54) is 19.0 Å². The highest BCUT2D eigenvalue weighted by atomic mass is 16.4. The van der Waals surface area contributed by atoms with Crippen molar-refractivity contribution in [1.29, 1.82) is 0 Å². The van der Waals surface area contributed by atoms with E-state index < -0.39 is 5.97 Å². The first-order valence-electron chi connectivity index (χ1n) is 6.43. The molecule has 1 saturated carbocycles. The Kier molecular flexibility index (Phi) is 3.55. The molecule has 1 aromatic heterocycles. The number of aromatic carboxylic acids is 1. The number of aromatic nitrogens is 1. The molecule has 18 heavy (non-hydrogen) atoms. The fourth-order valence-corrected chi connectivity index (χ4v) is 2.73. The Labute approximate surface area is 107 Å². The van der Waals surface area contributed by atoms with Crippen molar-refractivity contribution in [3.05, 3.63) is 24.0 Å². The highest BCUT2D eigenvalue weighted by molar-refractivity contribution is 5.91. The minimum atomic E-state index is -0.979. The van der Waals surface area contributed by atoms with Gasteiger partial charge in [-0.1, -0.05) is 20.3 Å². The summed E-state index contributed by atoms with van der Waals surface area (Å²) in [4.78, 5) is 15.0. The smallest absolute Gasteiger partial charge is 0.356 e. The van der Waals surface area contributed by atoms with Crippen LogP contribution in [0.25, 0.3) is 0 Å². The molecule has 1 aliphatic carbocycles. The summed E-state index contributed by atoms with van der Waals surface area (Å²) in [5.41, 5.74) is 1.08. The number of carbonyl (C=O) groups is 1. The first kappa shape index (κ1) is 12.9. The molecule has 0 bridgehead atoms. The summed E-state index contributed by atoms with van der Waals surface area (Å²) in [7, 11) is 0. The van der Waals surface area contributed by atoms with Crippen LogP contribution in [-0.4, -0.2) is 22.1 Å². The number of nitrogens with one attached hydrogen (secondary N) is 1. The summed E-state index contributed by atoms with van der Waals surface area (Å²) in [5, 5.41) is 12.4. The van der Waals surface area contributed by atoms with E-state index in [0.717, 1.165) is 12.8 Å². The van der Waals surface area contributed by atoms with Crippen LogP contribution in [0, 0.1) is 5.41 Å². The van der Waals surface area contributed by atoms with Gasteiger partial charge in [-0.2, -0.15) is 0 Å². The molecule has 4 nitrogen and oxygen atoms in total. The maximum Gasteiger partial charge on any atom is 0.356 e. The molecule has 1 aliphatic rings. The first-order chi connectivity index (χ1) is 8.48. The lowest BCUT2D eigenvalue weighted by Gasteiger charge is -2.36. The van der Waals surface area contributed by atoms with Crippen molar-refractivity contribution in [3.8, 4) is 0 Å². The predicted molar refractivity (Wildman–Crippen MR) is 70.9 cm³/mol. The zero-order chi connectivity index (χ0) is 13.2. The molecular formula is C14H20N2O2. The summed E-state index contributed by atoms with van der Waals surface area (Å²) < 4.78 is 0. The summed E-state index contributed by atoms with van der Waals surface area (Å²) in [6.07, 6.45) is 6.11. The van der Waals surface area contributed by atoms with Crippen LogP contribution in [0.1, 0.15) is 50.0 Å². The normalized spacial score (nSPS) is 22.4. The molecule has 1 heterocycles. The molecule has 98 valence electrons. The maximum atomic E-state index is 11.1. The molecule has 0 radical (unpaired) electrons.